The molecule has 0 radical (unpaired) electrons. The minimum absolute atomic E-state index is 0.175. The number of rotatable bonds is 6. The quantitative estimate of drug-likeness (QED) is 0.838. The highest BCUT2D eigenvalue weighted by Crippen LogP contribution is 2.23. The van der Waals surface area contributed by atoms with Crippen LogP contribution in [-0.2, 0) is 0 Å². The first-order valence-corrected chi connectivity index (χ1v) is 8.00. The van der Waals surface area contributed by atoms with E-state index < -0.39 is 0 Å². The molecule has 1 fully saturated rings. The van der Waals surface area contributed by atoms with Crippen LogP contribution in [0.15, 0.2) is 18.2 Å². The average molecular weight is 327 g/mol. The van der Waals surface area contributed by atoms with E-state index >= 15 is 0 Å². The standard InChI is InChI=1S/C16H23ClN2O3/c1-22-15-10-12(17)5-6-14(15)16(21)18-7-9-19-8-3-2-4-13(19)11-20/h5-6,10,13,20H,2-4,7-9,11H2,1H3,(H,18,21)/t13-/m1/s1. The number of likely N-dealkylation sites (tertiary alicyclic amines) is 1. The van der Waals surface area contributed by atoms with Crippen molar-refractivity contribution in [3.8, 4) is 5.75 Å². The van der Waals surface area contributed by atoms with E-state index in [0.717, 1.165) is 32.4 Å². The van der Waals surface area contributed by atoms with Crippen molar-refractivity contribution < 1.29 is 14.6 Å². The number of halogens is 1. The molecule has 1 aliphatic heterocycles. The van der Waals surface area contributed by atoms with Gasteiger partial charge in [0.1, 0.15) is 5.75 Å². The van der Waals surface area contributed by atoms with Crippen molar-refractivity contribution in [1.82, 2.24) is 10.2 Å². The smallest absolute Gasteiger partial charge is 0.255 e. The fraction of sp³-hybridized carbons (Fsp3) is 0.562. The van der Waals surface area contributed by atoms with Crippen LogP contribution in [0.5, 0.6) is 5.75 Å². The van der Waals surface area contributed by atoms with Gasteiger partial charge in [0.2, 0.25) is 0 Å². The summed E-state index contributed by atoms with van der Waals surface area (Å²) >= 11 is 5.90. The first-order chi connectivity index (χ1) is 10.7. The van der Waals surface area contributed by atoms with Crippen molar-refractivity contribution >= 4 is 17.5 Å². The lowest BCUT2D eigenvalue weighted by atomic mass is 10.0. The molecule has 1 atom stereocenters. The number of aliphatic hydroxyl groups is 1. The molecule has 2 N–H and O–H groups in total. The second kappa shape index (κ2) is 8.36. The number of hydrogen-bond acceptors (Lipinski definition) is 4. The average Bonchev–Trinajstić information content (AvgIpc) is 2.54. The Morgan fingerprint density at radius 1 is 1.50 bits per heavy atom. The third-order valence-corrected chi connectivity index (χ3v) is 4.29. The van der Waals surface area contributed by atoms with Crippen molar-refractivity contribution in [2.75, 3.05) is 33.4 Å². The number of nitrogens with zero attached hydrogens (tertiary/aromatic N) is 1. The molecule has 1 saturated heterocycles. The van der Waals surface area contributed by atoms with Crippen LogP contribution in [0.3, 0.4) is 0 Å². The highest BCUT2D eigenvalue weighted by atomic mass is 35.5. The number of amides is 1. The van der Waals surface area contributed by atoms with E-state index in [0.29, 0.717) is 22.9 Å². The van der Waals surface area contributed by atoms with Gasteiger partial charge >= 0.3 is 0 Å². The Balaban J connectivity index is 1.87. The zero-order chi connectivity index (χ0) is 15.9. The summed E-state index contributed by atoms with van der Waals surface area (Å²) in [6.07, 6.45) is 3.33. The summed E-state index contributed by atoms with van der Waals surface area (Å²) in [5, 5.41) is 12.8. The summed E-state index contributed by atoms with van der Waals surface area (Å²) < 4.78 is 5.19. The maximum Gasteiger partial charge on any atom is 0.255 e. The SMILES string of the molecule is COc1cc(Cl)ccc1C(=O)NCCN1CCCC[C@@H]1CO. The highest BCUT2D eigenvalue weighted by Gasteiger charge is 2.21. The molecule has 22 heavy (non-hydrogen) atoms. The number of carbonyl (C=O) groups excluding carboxylic acids is 1. The molecule has 0 bridgehead atoms. The number of ether oxygens (including phenoxy) is 1. The summed E-state index contributed by atoms with van der Waals surface area (Å²) in [6.45, 7) is 2.44. The van der Waals surface area contributed by atoms with E-state index in [2.05, 4.69) is 10.2 Å². The summed E-state index contributed by atoms with van der Waals surface area (Å²) in [4.78, 5) is 14.5. The van der Waals surface area contributed by atoms with Crippen molar-refractivity contribution in [2.24, 2.45) is 0 Å². The molecule has 1 heterocycles. The van der Waals surface area contributed by atoms with Gasteiger partial charge in [0.05, 0.1) is 19.3 Å². The predicted molar refractivity (Wildman–Crippen MR) is 86.6 cm³/mol. The third-order valence-electron chi connectivity index (χ3n) is 4.05. The molecule has 6 heteroatoms. The zero-order valence-corrected chi connectivity index (χ0v) is 13.6. The van der Waals surface area contributed by atoms with Gasteiger partial charge in [0.15, 0.2) is 0 Å². The number of carbonyl (C=O) groups is 1. The summed E-state index contributed by atoms with van der Waals surface area (Å²) in [6, 6.07) is 5.18. The zero-order valence-electron chi connectivity index (χ0n) is 12.8. The van der Waals surface area contributed by atoms with Crippen molar-refractivity contribution in [3.05, 3.63) is 28.8 Å². The Morgan fingerprint density at radius 2 is 2.32 bits per heavy atom. The van der Waals surface area contributed by atoms with E-state index in [1.165, 1.54) is 7.11 Å². The first kappa shape index (κ1) is 17.1. The van der Waals surface area contributed by atoms with Gasteiger partial charge < -0.3 is 15.2 Å². The Kier molecular flexibility index (Phi) is 6.49. The van der Waals surface area contributed by atoms with Crippen LogP contribution in [0.1, 0.15) is 29.6 Å². The molecular weight excluding hydrogens is 304 g/mol. The fourth-order valence-corrected chi connectivity index (χ4v) is 2.98. The molecule has 1 amide bonds. The van der Waals surface area contributed by atoms with Crippen LogP contribution in [0, 0.1) is 0 Å². The molecule has 1 aromatic rings. The normalized spacial score (nSPS) is 19.0. The van der Waals surface area contributed by atoms with Crippen LogP contribution in [-0.4, -0.2) is 55.3 Å². The predicted octanol–water partition coefficient (Wildman–Crippen LogP) is 1.93. The van der Waals surface area contributed by atoms with Gasteiger partial charge in [0.25, 0.3) is 5.91 Å². The maximum atomic E-state index is 12.2. The van der Waals surface area contributed by atoms with Gasteiger partial charge in [0, 0.05) is 24.2 Å². The van der Waals surface area contributed by atoms with E-state index in [1.807, 2.05) is 0 Å². The van der Waals surface area contributed by atoms with Crippen LogP contribution >= 0.6 is 11.6 Å². The molecule has 122 valence electrons. The fourth-order valence-electron chi connectivity index (χ4n) is 2.82. The second-order valence-corrected chi connectivity index (χ2v) is 5.91. The van der Waals surface area contributed by atoms with Gasteiger partial charge in [-0.05, 0) is 37.6 Å². The summed E-state index contributed by atoms with van der Waals surface area (Å²) in [5.41, 5.74) is 0.476. The molecule has 5 nitrogen and oxygen atoms in total. The summed E-state index contributed by atoms with van der Waals surface area (Å²) in [7, 11) is 1.52. The Bertz CT molecular complexity index is 510. The molecule has 2 rings (SSSR count). The lowest BCUT2D eigenvalue weighted by Gasteiger charge is -2.34. The van der Waals surface area contributed by atoms with Gasteiger partial charge in [-0.1, -0.05) is 18.0 Å². The van der Waals surface area contributed by atoms with Crippen LogP contribution in [0.4, 0.5) is 0 Å². The maximum absolute atomic E-state index is 12.2. The van der Waals surface area contributed by atoms with Crippen molar-refractivity contribution in [3.63, 3.8) is 0 Å². The Morgan fingerprint density at radius 3 is 3.05 bits per heavy atom. The molecule has 0 aliphatic carbocycles. The van der Waals surface area contributed by atoms with E-state index in [9.17, 15) is 9.90 Å². The lowest BCUT2D eigenvalue weighted by molar-refractivity contribution is 0.0848. The van der Waals surface area contributed by atoms with Gasteiger partial charge in [-0.15, -0.1) is 0 Å². The van der Waals surface area contributed by atoms with Crippen LogP contribution in [0.2, 0.25) is 5.02 Å². The molecule has 0 saturated carbocycles. The van der Waals surface area contributed by atoms with E-state index in [4.69, 9.17) is 16.3 Å². The number of methoxy groups -OCH3 is 1. The minimum atomic E-state index is -0.175. The Labute approximate surface area is 136 Å². The van der Waals surface area contributed by atoms with Gasteiger partial charge in [-0.2, -0.15) is 0 Å². The first-order valence-electron chi connectivity index (χ1n) is 7.62. The monoisotopic (exact) mass is 326 g/mol. The third kappa shape index (κ3) is 4.35. The topological polar surface area (TPSA) is 61.8 Å². The molecule has 1 aliphatic rings. The van der Waals surface area contributed by atoms with E-state index in [-0.39, 0.29) is 18.6 Å². The van der Waals surface area contributed by atoms with Crippen molar-refractivity contribution in [2.45, 2.75) is 25.3 Å². The van der Waals surface area contributed by atoms with Crippen LogP contribution in [0.25, 0.3) is 0 Å². The number of piperidine rings is 1. The lowest BCUT2D eigenvalue weighted by Crippen LogP contribution is -2.45. The summed E-state index contributed by atoms with van der Waals surface area (Å²) in [5.74, 6) is 0.294. The molecular formula is C16H23ClN2O3. The number of aliphatic hydroxyl groups excluding tert-OH is 1. The number of nitrogens with one attached hydrogen (secondary N) is 1. The van der Waals surface area contributed by atoms with Gasteiger partial charge in [-0.3, -0.25) is 9.69 Å². The Hall–Kier alpha value is -1.30. The highest BCUT2D eigenvalue weighted by molar-refractivity contribution is 6.30. The molecule has 0 spiro atoms. The molecule has 0 unspecified atom stereocenters. The number of hydrogen-bond donors (Lipinski definition) is 2. The van der Waals surface area contributed by atoms with Crippen molar-refractivity contribution in [1.29, 1.82) is 0 Å². The minimum Gasteiger partial charge on any atom is -0.496 e. The largest absolute Gasteiger partial charge is 0.496 e. The second-order valence-electron chi connectivity index (χ2n) is 5.47. The molecule has 0 aromatic heterocycles. The number of benzene rings is 1. The molecule has 1 aromatic carbocycles. The van der Waals surface area contributed by atoms with Gasteiger partial charge in [-0.25, -0.2) is 0 Å². The van der Waals surface area contributed by atoms with Crippen LogP contribution < -0.4 is 10.1 Å². The van der Waals surface area contributed by atoms with E-state index in [1.54, 1.807) is 18.2 Å².